The van der Waals surface area contributed by atoms with Crippen LogP contribution in [0.5, 0.6) is 5.75 Å². The van der Waals surface area contributed by atoms with Gasteiger partial charge in [0.2, 0.25) is 0 Å². The first kappa shape index (κ1) is 15.0. The Morgan fingerprint density at radius 1 is 1.05 bits per heavy atom. The van der Waals surface area contributed by atoms with Crippen molar-refractivity contribution in [3.05, 3.63) is 53.6 Å². The maximum absolute atomic E-state index is 9.36. The van der Waals surface area contributed by atoms with E-state index in [4.69, 9.17) is 14.7 Å². The molecule has 0 bridgehead atoms. The highest BCUT2D eigenvalue weighted by molar-refractivity contribution is 5.66. The number of methoxy groups -OCH3 is 1. The Balaban J connectivity index is 2.27. The molecule has 1 N–H and O–H groups in total. The molecule has 0 radical (unpaired) electrons. The summed E-state index contributed by atoms with van der Waals surface area (Å²) < 4.78 is 10.6. The van der Waals surface area contributed by atoms with E-state index in [0.29, 0.717) is 24.5 Å². The van der Waals surface area contributed by atoms with E-state index >= 15 is 0 Å². The number of rotatable bonds is 6. The number of aliphatic hydroxyl groups is 1. The highest BCUT2D eigenvalue weighted by Gasteiger charge is 2.06. The van der Waals surface area contributed by atoms with Gasteiger partial charge in [-0.1, -0.05) is 24.3 Å². The van der Waals surface area contributed by atoms with Gasteiger partial charge in [0.15, 0.2) is 0 Å². The summed E-state index contributed by atoms with van der Waals surface area (Å²) in [5, 5.41) is 18.2. The highest BCUT2D eigenvalue weighted by Crippen LogP contribution is 2.27. The molecule has 0 unspecified atom stereocenters. The second-order valence-electron chi connectivity index (χ2n) is 4.51. The highest BCUT2D eigenvalue weighted by atomic mass is 16.5. The van der Waals surface area contributed by atoms with Gasteiger partial charge in [0, 0.05) is 12.7 Å². The number of hydrogen-bond donors (Lipinski definition) is 1. The van der Waals surface area contributed by atoms with Gasteiger partial charge in [0.05, 0.1) is 24.8 Å². The first-order valence-corrected chi connectivity index (χ1v) is 6.64. The quantitative estimate of drug-likeness (QED) is 0.828. The van der Waals surface area contributed by atoms with Crippen molar-refractivity contribution in [2.45, 2.75) is 6.61 Å². The summed E-state index contributed by atoms with van der Waals surface area (Å²) in [6.45, 7) is 0.849. The lowest BCUT2D eigenvalue weighted by Gasteiger charge is -2.12. The van der Waals surface area contributed by atoms with Crippen LogP contribution in [0.25, 0.3) is 11.1 Å². The molecule has 0 amide bonds. The lowest BCUT2D eigenvalue weighted by molar-refractivity contribution is 0.144. The van der Waals surface area contributed by atoms with Gasteiger partial charge in [0.25, 0.3) is 0 Å². The molecule has 4 nitrogen and oxygen atoms in total. The van der Waals surface area contributed by atoms with Gasteiger partial charge < -0.3 is 14.6 Å². The lowest BCUT2D eigenvalue weighted by atomic mass is 10.0. The number of nitriles is 1. The van der Waals surface area contributed by atoms with Crippen LogP contribution >= 0.6 is 0 Å². The summed E-state index contributed by atoms with van der Waals surface area (Å²) in [6, 6.07) is 15.1. The molecule has 0 aliphatic rings. The minimum atomic E-state index is -0.0734. The van der Waals surface area contributed by atoms with Crippen LogP contribution in [0.3, 0.4) is 0 Å². The summed E-state index contributed by atoms with van der Waals surface area (Å²) in [5.41, 5.74) is 3.34. The number of nitrogens with zero attached hydrogens (tertiary/aromatic N) is 1. The van der Waals surface area contributed by atoms with E-state index in [1.54, 1.807) is 19.2 Å². The van der Waals surface area contributed by atoms with Crippen LogP contribution in [0.1, 0.15) is 11.1 Å². The maximum Gasteiger partial charge on any atom is 0.125 e. The third-order valence-electron chi connectivity index (χ3n) is 3.13. The predicted molar refractivity (Wildman–Crippen MR) is 79.9 cm³/mol. The first-order valence-electron chi connectivity index (χ1n) is 6.64. The molecule has 0 atom stereocenters. The largest absolute Gasteiger partial charge is 0.491 e. The SMILES string of the molecule is COCCOc1cc(-c2ccc(C#N)cc2)ccc1CO. The first-order chi connectivity index (χ1) is 10.3. The van der Waals surface area contributed by atoms with E-state index in [9.17, 15) is 5.11 Å². The second-order valence-corrected chi connectivity index (χ2v) is 4.51. The average Bonchev–Trinajstić information content (AvgIpc) is 2.55. The Labute approximate surface area is 124 Å². The molecule has 0 saturated heterocycles. The number of aliphatic hydroxyl groups excluding tert-OH is 1. The molecule has 4 heteroatoms. The summed E-state index contributed by atoms with van der Waals surface area (Å²) in [6.07, 6.45) is 0. The van der Waals surface area contributed by atoms with E-state index < -0.39 is 0 Å². The smallest absolute Gasteiger partial charge is 0.125 e. The van der Waals surface area contributed by atoms with Crippen LogP contribution < -0.4 is 4.74 Å². The van der Waals surface area contributed by atoms with Crippen LogP contribution in [0, 0.1) is 11.3 Å². The molecular weight excluding hydrogens is 266 g/mol. The van der Waals surface area contributed by atoms with Crippen molar-refractivity contribution >= 4 is 0 Å². The van der Waals surface area contributed by atoms with E-state index in [2.05, 4.69) is 6.07 Å². The van der Waals surface area contributed by atoms with Crippen LogP contribution in [-0.4, -0.2) is 25.4 Å². The third-order valence-corrected chi connectivity index (χ3v) is 3.13. The Morgan fingerprint density at radius 2 is 1.76 bits per heavy atom. The average molecular weight is 283 g/mol. The Bertz CT molecular complexity index is 629. The van der Waals surface area contributed by atoms with Gasteiger partial charge in [-0.3, -0.25) is 0 Å². The van der Waals surface area contributed by atoms with Crippen molar-refractivity contribution in [1.29, 1.82) is 5.26 Å². The zero-order valence-corrected chi connectivity index (χ0v) is 11.9. The molecule has 2 rings (SSSR count). The number of ether oxygens (including phenoxy) is 2. The molecule has 21 heavy (non-hydrogen) atoms. The Kier molecular flexibility index (Phi) is 5.33. The van der Waals surface area contributed by atoms with Crippen LogP contribution in [0.2, 0.25) is 0 Å². The van der Waals surface area contributed by atoms with Gasteiger partial charge in [-0.15, -0.1) is 0 Å². The summed E-state index contributed by atoms with van der Waals surface area (Å²) in [7, 11) is 1.61. The second kappa shape index (κ2) is 7.44. The minimum Gasteiger partial charge on any atom is -0.491 e. The van der Waals surface area contributed by atoms with E-state index in [-0.39, 0.29) is 6.61 Å². The van der Waals surface area contributed by atoms with Crippen molar-refractivity contribution in [2.24, 2.45) is 0 Å². The van der Waals surface area contributed by atoms with Crippen LogP contribution in [0.15, 0.2) is 42.5 Å². The lowest BCUT2D eigenvalue weighted by Crippen LogP contribution is -2.06. The number of benzene rings is 2. The molecule has 2 aromatic rings. The standard InChI is InChI=1S/C17H17NO3/c1-20-8-9-21-17-10-15(6-7-16(17)12-19)14-4-2-13(11-18)3-5-14/h2-7,10,19H,8-9,12H2,1H3. The predicted octanol–water partition coefficient (Wildman–Crippen LogP) is 2.74. The Hall–Kier alpha value is -2.35. The summed E-state index contributed by atoms with van der Waals surface area (Å²) in [5.74, 6) is 0.649. The number of hydrogen-bond acceptors (Lipinski definition) is 4. The van der Waals surface area contributed by atoms with Crippen molar-refractivity contribution in [1.82, 2.24) is 0 Å². The van der Waals surface area contributed by atoms with E-state index in [1.807, 2.05) is 30.3 Å². The summed E-state index contributed by atoms with van der Waals surface area (Å²) in [4.78, 5) is 0. The molecule has 0 aliphatic heterocycles. The zero-order valence-electron chi connectivity index (χ0n) is 11.9. The van der Waals surface area contributed by atoms with Gasteiger partial charge in [-0.05, 0) is 29.3 Å². The maximum atomic E-state index is 9.36. The van der Waals surface area contributed by atoms with Crippen LogP contribution in [-0.2, 0) is 11.3 Å². The zero-order chi connectivity index (χ0) is 15.1. The molecular formula is C17H17NO3. The topological polar surface area (TPSA) is 62.5 Å². The van der Waals surface area contributed by atoms with Crippen LogP contribution in [0.4, 0.5) is 0 Å². The molecule has 0 aliphatic carbocycles. The minimum absolute atomic E-state index is 0.0734. The van der Waals surface area contributed by atoms with Crippen molar-refractivity contribution in [3.63, 3.8) is 0 Å². The van der Waals surface area contributed by atoms with Crippen molar-refractivity contribution in [3.8, 4) is 22.9 Å². The van der Waals surface area contributed by atoms with Crippen molar-refractivity contribution in [2.75, 3.05) is 20.3 Å². The van der Waals surface area contributed by atoms with Crippen molar-refractivity contribution < 1.29 is 14.6 Å². The Morgan fingerprint density at radius 3 is 2.38 bits per heavy atom. The molecule has 0 aromatic heterocycles. The monoisotopic (exact) mass is 283 g/mol. The van der Waals surface area contributed by atoms with Gasteiger partial charge in [0.1, 0.15) is 12.4 Å². The molecule has 0 heterocycles. The van der Waals surface area contributed by atoms with E-state index in [1.165, 1.54) is 0 Å². The van der Waals surface area contributed by atoms with E-state index in [0.717, 1.165) is 16.7 Å². The van der Waals surface area contributed by atoms with Gasteiger partial charge in [-0.25, -0.2) is 0 Å². The van der Waals surface area contributed by atoms with Gasteiger partial charge >= 0.3 is 0 Å². The molecule has 2 aromatic carbocycles. The fourth-order valence-corrected chi connectivity index (χ4v) is 1.97. The molecule has 108 valence electrons. The normalized spacial score (nSPS) is 10.1. The summed E-state index contributed by atoms with van der Waals surface area (Å²) >= 11 is 0. The fourth-order valence-electron chi connectivity index (χ4n) is 1.97. The molecule has 0 fully saturated rings. The van der Waals surface area contributed by atoms with Gasteiger partial charge in [-0.2, -0.15) is 5.26 Å². The third kappa shape index (κ3) is 3.82. The molecule has 0 spiro atoms. The fraction of sp³-hybridized carbons (Fsp3) is 0.235. The molecule has 0 saturated carbocycles.